The zero-order valence-electron chi connectivity index (χ0n) is 19.0. The predicted molar refractivity (Wildman–Crippen MR) is 150 cm³/mol. The normalized spacial score (nSPS) is 9.82. The number of Topliss-reactive ketones (excluding diaryl/α,β-unsaturated/α-hetero) is 1. The SMILES string of the molecule is Br.O=C(O)C#CC#CC#CC#CC#CC#CC#CO.O=C1/C(=C/c2ccc(Br)cc2)Oc2cc(O)ccc21. The first kappa shape index (κ1) is 30.6. The second kappa shape index (κ2) is 17.1. The molecule has 0 fully saturated rings. The Morgan fingerprint density at radius 1 is 0.816 bits per heavy atom. The van der Waals surface area contributed by atoms with Crippen LogP contribution in [0.15, 0.2) is 52.7 Å². The molecule has 1 heterocycles. The minimum atomic E-state index is -1.25. The summed E-state index contributed by atoms with van der Waals surface area (Å²) in [6.07, 6.45) is 3.28. The summed E-state index contributed by atoms with van der Waals surface area (Å²) in [5.41, 5.74) is 1.35. The van der Waals surface area contributed by atoms with Crippen molar-refractivity contribution in [3.63, 3.8) is 0 Å². The first-order chi connectivity index (χ1) is 17.9. The van der Waals surface area contributed by atoms with Gasteiger partial charge in [0.05, 0.1) is 5.56 Å². The number of hydrogen-bond acceptors (Lipinski definition) is 5. The standard InChI is InChI=1S/C15H9BrO3.C15H2O3.BrH/c16-10-3-1-9(2-4-10)7-14-15(18)12-6-5-11(17)8-13(12)19-14;16-14-12-10-8-6-4-2-1-3-5-7-9-11-13-15(17)18;/h1-8,17H;16H,(H,17,18);1H/b14-7-;;. The van der Waals surface area contributed by atoms with Gasteiger partial charge in [-0.3, -0.25) is 4.79 Å². The molecule has 1 aliphatic heterocycles. The van der Waals surface area contributed by atoms with Crippen LogP contribution in [0.3, 0.4) is 0 Å². The number of phenolic OH excluding ortho intramolecular Hbond substituents is 1. The van der Waals surface area contributed by atoms with Gasteiger partial charge in [-0.05, 0) is 71.4 Å². The highest BCUT2D eigenvalue weighted by Crippen LogP contribution is 2.34. The fraction of sp³-hybridized carbons (Fsp3) is 0. The molecule has 182 valence electrons. The molecule has 0 unspecified atom stereocenters. The van der Waals surface area contributed by atoms with Crippen molar-refractivity contribution in [2.75, 3.05) is 0 Å². The number of ketones is 1. The van der Waals surface area contributed by atoms with Gasteiger partial charge in [-0.2, -0.15) is 0 Å². The van der Waals surface area contributed by atoms with Gasteiger partial charge >= 0.3 is 5.97 Å². The summed E-state index contributed by atoms with van der Waals surface area (Å²) in [4.78, 5) is 22.0. The average molecular weight is 628 g/mol. The summed E-state index contributed by atoms with van der Waals surface area (Å²) in [5.74, 6) is 28.5. The van der Waals surface area contributed by atoms with Gasteiger partial charge < -0.3 is 20.1 Å². The molecule has 0 saturated heterocycles. The van der Waals surface area contributed by atoms with E-state index in [1.54, 1.807) is 24.2 Å². The number of rotatable bonds is 1. The number of aliphatic hydroxyl groups is 1. The molecule has 0 aliphatic carbocycles. The Kier molecular flexibility index (Phi) is 13.8. The van der Waals surface area contributed by atoms with E-state index in [1.807, 2.05) is 24.3 Å². The summed E-state index contributed by atoms with van der Waals surface area (Å²) in [6.45, 7) is 0. The van der Waals surface area contributed by atoms with Crippen molar-refractivity contribution in [2.24, 2.45) is 0 Å². The molecule has 0 spiro atoms. The number of hydrogen-bond donors (Lipinski definition) is 3. The average Bonchev–Trinajstić information content (AvgIpc) is 3.17. The lowest BCUT2D eigenvalue weighted by Crippen LogP contribution is -1.97. The molecule has 2 aromatic rings. The van der Waals surface area contributed by atoms with Crippen molar-refractivity contribution in [1.29, 1.82) is 0 Å². The third-order valence-electron chi connectivity index (χ3n) is 3.73. The fourth-order valence-corrected chi connectivity index (χ4v) is 2.58. The van der Waals surface area contributed by atoms with E-state index >= 15 is 0 Å². The summed E-state index contributed by atoms with van der Waals surface area (Å²) >= 11 is 3.35. The van der Waals surface area contributed by atoms with Crippen molar-refractivity contribution in [3.8, 4) is 94.6 Å². The Hall–Kier alpha value is -5.40. The third-order valence-corrected chi connectivity index (χ3v) is 4.26. The highest BCUT2D eigenvalue weighted by atomic mass is 79.9. The molecule has 38 heavy (non-hydrogen) atoms. The van der Waals surface area contributed by atoms with E-state index in [0.717, 1.165) is 10.0 Å². The number of aliphatic carboxylic acids is 1. The van der Waals surface area contributed by atoms with Gasteiger partial charge in [0.2, 0.25) is 5.78 Å². The molecule has 0 saturated carbocycles. The van der Waals surface area contributed by atoms with E-state index in [0.29, 0.717) is 11.3 Å². The monoisotopic (exact) mass is 626 g/mol. The van der Waals surface area contributed by atoms with Crippen LogP contribution < -0.4 is 4.74 Å². The second-order valence-corrected chi connectivity index (χ2v) is 7.13. The third kappa shape index (κ3) is 11.4. The number of phenols is 1. The van der Waals surface area contributed by atoms with Crippen molar-refractivity contribution in [3.05, 3.63) is 63.8 Å². The number of fused-ring (bicyclic) bond motifs is 1. The van der Waals surface area contributed by atoms with Gasteiger partial charge in [0.25, 0.3) is 0 Å². The van der Waals surface area contributed by atoms with Crippen LogP contribution in [0, 0.1) is 83.1 Å². The van der Waals surface area contributed by atoms with E-state index in [2.05, 4.69) is 87.0 Å². The molecule has 8 heteroatoms. The van der Waals surface area contributed by atoms with Crippen LogP contribution in [-0.4, -0.2) is 27.1 Å². The minimum Gasteiger partial charge on any atom is -0.508 e. The molecule has 0 bridgehead atoms. The molecule has 2 aromatic carbocycles. The molecule has 0 radical (unpaired) electrons. The number of aliphatic hydroxyl groups excluding tert-OH is 1. The summed E-state index contributed by atoms with van der Waals surface area (Å²) in [5, 5.41) is 25.6. The van der Waals surface area contributed by atoms with E-state index in [9.17, 15) is 14.7 Å². The molecule has 0 aromatic heterocycles. The van der Waals surface area contributed by atoms with Crippen LogP contribution in [0.2, 0.25) is 0 Å². The van der Waals surface area contributed by atoms with E-state index in [4.69, 9.17) is 14.9 Å². The second-order valence-electron chi connectivity index (χ2n) is 6.21. The van der Waals surface area contributed by atoms with Crippen LogP contribution >= 0.6 is 32.9 Å². The van der Waals surface area contributed by atoms with Crippen LogP contribution in [0.5, 0.6) is 11.5 Å². The van der Waals surface area contributed by atoms with Gasteiger partial charge in [0.15, 0.2) is 5.76 Å². The Balaban J connectivity index is 0.000000371. The van der Waals surface area contributed by atoms with Crippen LogP contribution in [0.25, 0.3) is 6.08 Å². The van der Waals surface area contributed by atoms with E-state index in [1.165, 1.54) is 12.1 Å². The quantitative estimate of drug-likeness (QED) is 0.329. The van der Waals surface area contributed by atoms with Gasteiger partial charge in [-0.25, -0.2) is 4.79 Å². The molecule has 0 amide bonds. The van der Waals surface area contributed by atoms with Crippen LogP contribution in [0.4, 0.5) is 0 Å². The Bertz CT molecular complexity index is 1700. The van der Waals surface area contributed by atoms with E-state index < -0.39 is 5.97 Å². The molecule has 6 nitrogen and oxygen atoms in total. The summed E-state index contributed by atoms with van der Waals surface area (Å²) < 4.78 is 6.45. The lowest BCUT2D eigenvalue weighted by atomic mass is 10.1. The topological polar surface area (TPSA) is 104 Å². The lowest BCUT2D eigenvalue weighted by Gasteiger charge is -1.99. The first-order valence-electron chi connectivity index (χ1n) is 9.81. The number of aromatic hydroxyl groups is 1. The number of carboxylic acid groups (broad SMARTS) is 1. The van der Waals surface area contributed by atoms with E-state index in [-0.39, 0.29) is 34.3 Å². The van der Waals surface area contributed by atoms with Gasteiger partial charge in [-0.1, -0.05) is 28.1 Å². The largest absolute Gasteiger partial charge is 0.508 e. The maximum atomic E-state index is 12.1. The van der Waals surface area contributed by atoms with Crippen LogP contribution in [-0.2, 0) is 4.79 Å². The Morgan fingerprint density at radius 2 is 1.34 bits per heavy atom. The lowest BCUT2D eigenvalue weighted by molar-refractivity contribution is -0.130. The maximum Gasteiger partial charge on any atom is 0.382 e. The number of benzene rings is 2. The summed E-state index contributed by atoms with van der Waals surface area (Å²) in [7, 11) is 0. The first-order valence-corrected chi connectivity index (χ1v) is 10.6. The zero-order chi connectivity index (χ0) is 26.9. The number of allylic oxidation sites excluding steroid dienone is 1. The van der Waals surface area contributed by atoms with Gasteiger partial charge in [-0.15, -0.1) is 17.0 Å². The maximum absolute atomic E-state index is 12.1. The molecule has 3 rings (SSSR count). The fourth-order valence-electron chi connectivity index (χ4n) is 2.31. The van der Waals surface area contributed by atoms with Gasteiger partial charge in [0, 0.05) is 52.0 Å². The highest BCUT2D eigenvalue weighted by Gasteiger charge is 2.27. The highest BCUT2D eigenvalue weighted by molar-refractivity contribution is 9.10. The number of carboxylic acids is 1. The number of carbonyl (C=O) groups is 2. The van der Waals surface area contributed by atoms with Gasteiger partial charge in [0.1, 0.15) is 17.6 Å². The van der Waals surface area contributed by atoms with Crippen molar-refractivity contribution >= 4 is 50.7 Å². The molecular formula is C30H12Br2O6. The van der Waals surface area contributed by atoms with Crippen molar-refractivity contribution < 1.29 is 29.6 Å². The predicted octanol–water partition coefficient (Wildman–Crippen LogP) is 3.77. The van der Waals surface area contributed by atoms with Crippen molar-refractivity contribution in [1.82, 2.24) is 0 Å². The molecule has 1 aliphatic rings. The number of carbonyl (C=O) groups excluding carboxylic acids is 1. The minimum absolute atomic E-state index is 0. The number of halogens is 2. The van der Waals surface area contributed by atoms with Crippen molar-refractivity contribution in [2.45, 2.75) is 0 Å². The number of ether oxygens (including phenoxy) is 1. The summed E-state index contributed by atoms with van der Waals surface area (Å²) in [6, 6.07) is 12.0. The molecule has 0 atom stereocenters. The smallest absolute Gasteiger partial charge is 0.382 e. The zero-order valence-corrected chi connectivity index (χ0v) is 22.3. The van der Waals surface area contributed by atoms with Crippen LogP contribution in [0.1, 0.15) is 15.9 Å². The molecule has 3 N–H and O–H groups in total. The molecular weight excluding hydrogens is 616 g/mol. The Morgan fingerprint density at radius 3 is 1.87 bits per heavy atom. The Labute approximate surface area is 238 Å².